The topological polar surface area (TPSA) is 29.5 Å². The van der Waals surface area contributed by atoms with E-state index in [9.17, 15) is 9.50 Å². The smallest absolute Gasteiger partial charge is 0.142 e. The van der Waals surface area contributed by atoms with Gasteiger partial charge in [-0.2, -0.15) is 0 Å². The van der Waals surface area contributed by atoms with Crippen LogP contribution in [0, 0.1) is 5.82 Å². The van der Waals surface area contributed by atoms with Crippen molar-refractivity contribution in [1.29, 1.82) is 0 Å². The van der Waals surface area contributed by atoms with Crippen molar-refractivity contribution in [3.8, 4) is 5.75 Å². The second-order valence-corrected chi connectivity index (χ2v) is 5.41. The molecule has 1 N–H and O–H groups in total. The van der Waals surface area contributed by atoms with Gasteiger partial charge in [-0.3, -0.25) is 0 Å². The monoisotopic (exact) mass is 308 g/mol. The number of rotatable bonds is 6. The minimum absolute atomic E-state index is 0.103. The minimum atomic E-state index is -0.439. The highest BCUT2D eigenvalue weighted by Crippen LogP contribution is 2.22. The Morgan fingerprint density at radius 3 is 2.57 bits per heavy atom. The van der Waals surface area contributed by atoms with Crippen LogP contribution in [0.3, 0.4) is 0 Å². The molecular weight excluding hydrogens is 291 g/mol. The molecule has 1 unspecified atom stereocenters. The highest BCUT2D eigenvalue weighted by Gasteiger charge is 2.06. The molecule has 0 aliphatic carbocycles. The maximum atomic E-state index is 13.3. The van der Waals surface area contributed by atoms with E-state index in [2.05, 4.69) is 0 Å². The summed E-state index contributed by atoms with van der Waals surface area (Å²) < 4.78 is 18.9. The van der Waals surface area contributed by atoms with Crippen LogP contribution in [0.2, 0.25) is 5.02 Å². The average molecular weight is 309 g/mol. The molecule has 0 aromatic heterocycles. The normalized spacial score (nSPS) is 12.2. The predicted octanol–water partition coefficient (Wildman–Crippen LogP) is 4.37. The van der Waals surface area contributed by atoms with Gasteiger partial charge in [0.05, 0.1) is 11.1 Å². The summed E-state index contributed by atoms with van der Waals surface area (Å²) in [7, 11) is 0. The molecule has 21 heavy (non-hydrogen) atoms. The average Bonchev–Trinajstić information content (AvgIpc) is 2.48. The molecule has 1 atom stereocenters. The van der Waals surface area contributed by atoms with Crippen molar-refractivity contribution in [3.63, 3.8) is 0 Å². The lowest BCUT2D eigenvalue weighted by Crippen LogP contribution is -2.01. The van der Waals surface area contributed by atoms with Crippen molar-refractivity contribution < 1.29 is 14.2 Å². The first-order chi connectivity index (χ1) is 10.1. The van der Waals surface area contributed by atoms with Gasteiger partial charge < -0.3 is 9.84 Å². The van der Waals surface area contributed by atoms with Gasteiger partial charge in [0.2, 0.25) is 0 Å². The van der Waals surface area contributed by atoms with Crippen molar-refractivity contribution in [2.75, 3.05) is 0 Å². The summed E-state index contributed by atoms with van der Waals surface area (Å²) >= 11 is 5.88. The molecule has 0 aliphatic heterocycles. The lowest BCUT2D eigenvalue weighted by Gasteiger charge is -2.09. The van der Waals surface area contributed by atoms with E-state index in [1.54, 1.807) is 19.1 Å². The van der Waals surface area contributed by atoms with E-state index in [-0.39, 0.29) is 17.7 Å². The number of aliphatic hydroxyl groups excluding tert-OH is 1. The molecule has 0 radical (unpaired) electrons. The molecule has 0 aliphatic rings. The Labute approximate surface area is 129 Å². The quantitative estimate of drug-likeness (QED) is 0.858. The van der Waals surface area contributed by atoms with Crippen LogP contribution in [0.15, 0.2) is 42.5 Å². The molecule has 2 nitrogen and oxygen atoms in total. The van der Waals surface area contributed by atoms with Gasteiger partial charge in [0.1, 0.15) is 18.2 Å². The number of halogens is 2. The Kier molecular flexibility index (Phi) is 5.59. The van der Waals surface area contributed by atoms with Crippen molar-refractivity contribution in [2.24, 2.45) is 0 Å². The lowest BCUT2D eigenvalue weighted by molar-refractivity contribution is 0.185. The van der Waals surface area contributed by atoms with Gasteiger partial charge >= 0.3 is 0 Å². The van der Waals surface area contributed by atoms with Gasteiger partial charge in [0.15, 0.2) is 0 Å². The van der Waals surface area contributed by atoms with Gasteiger partial charge in [-0.1, -0.05) is 35.9 Å². The molecule has 0 heterocycles. The predicted molar refractivity (Wildman–Crippen MR) is 82.2 cm³/mol. The zero-order chi connectivity index (χ0) is 15.2. The summed E-state index contributed by atoms with van der Waals surface area (Å²) in [5.41, 5.74) is 1.77. The van der Waals surface area contributed by atoms with E-state index in [0.717, 1.165) is 18.4 Å². The molecule has 2 aromatic rings. The van der Waals surface area contributed by atoms with Crippen molar-refractivity contribution >= 4 is 11.6 Å². The number of hydrogen-bond acceptors (Lipinski definition) is 2. The Balaban J connectivity index is 1.93. The van der Waals surface area contributed by atoms with Crippen LogP contribution >= 0.6 is 11.6 Å². The molecule has 4 heteroatoms. The molecule has 0 amide bonds. The Morgan fingerprint density at radius 1 is 1.19 bits per heavy atom. The summed E-state index contributed by atoms with van der Waals surface area (Å²) in [5.74, 6) is 0.266. The first-order valence-electron chi connectivity index (χ1n) is 6.89. The van der Waals surface area contributed by atoms with Gasteiger partial charge in [0, 0.05) is 5.56 Å². The third-order valence-corrected chi connectivity index (χ3v) is 3.62. The van der Waals surface area contributed by atoms with Crippen LogP contribution in [-0.2, 0) is 13.0 Å². The number of benzene rings is 2. The molecule has 0 bridgehead atoms. The number of aryl methyl sites for hydroxylation is 1. The fourth-order valence-corrected chi connectivity index (χ4v) is 2.13. The second kappa shape index (κ2) is 7.43. The summed E-state index contributed by atoms with van der Waals surface area (Å²) in [4.78, 5) is 0. The van der Waals surface area contributed by atoms with Crippen LogP contribution in [0.25, 0.3) is 0 Å². The highest BCUT2D eigenvalue weighted by molar-refractivity contribution is 6.31. The number of aliphatic hydroxyl groups is 1. The van der Waals surface area contributed by atoms with E-state index in [0.29, 0.717) is 11.3 Å². The van der Waals surface area contributed by atoms with Crippen LogP contribution in [0.5, 0.6) is 5.75 Å². The van der Waals surface area contributed by atoms with Gasteiger partial charge in [-0.05, 0) is 43.5 Å². The van der Waals surface area contributed by atoms with Crippen LogP contribution in [-0.4, -0.2) is 11.2 Å². The summed E-state index contributed by atoms with van der Waals surface area (Å²) in [6.45, 7) is 2.00. The first kappa shape index (κ1) is 15.8. The van der Waals surface area contributed by atoms with E-state index in [4.69, 9.17) is 16.3 Å². The Bertz CT molecular complexity index is 582. The minimum Gasteiger partial charge on any atom is -0.489 e. The van der Waals surface area contributed by atoms with Crippen molar-refractivity contribution in [2.45, 2.75) is 32.5 Å². The van der Waals surface area contributed by atoms with E-state index >= 15 is 0 Å². The largest absolute Gasteiger partial charge is 0.489 e. The highest BCUT2D eigenvalue weighted by atomic mass is 35.5. The SMILES string of the molecule is CC(O)CCc1ccc(OCc2cccc(F)c2Cl)cc1. The molecule has 112 valence electrons. The standard InChI is InChI=1S/C17H18ClFO2/c1-12(20)5-6-13-7-9-15(10-8-13)21-11-14-3-2-4-16(19)17(14)18/h2-4,7-10,12,20H,5-6,11H2,1H3. The fourth-order valence-electron chi connectivity index (χ4n) is 1.95. The maximum Gasteiger partial charge on any atom is 0.142 e. The van der Waals surface area contributed by atoms with Crippen molar-refractivity contribution in [3.05, 3.63) is 64.4 Å². The van der Waals surface area contributed by atoms with E-state index in [1.165, 1.54) is 6.07 Å². The van der Waals surface area contributed by atoms with Crippen molar-refractivity contribution in [1.82, 2.24) is 0 Å². The molecule has 0 spiro atoms. The van der Waals surface area contributed by atoms with Crippen LogP contribution < -0.4 is 4.74 Å². The van der Waals surface area contributed by atoms with E-state index in [1.807, 2.05) is 24.3 Å². The van der Waals surface area contributed by atoms with Crippen LogP contribution in [0.1, 0.15) is 24.5 Å². The first-order valence-corrected chi connectivity index (χ1v) is 7.27. The Morgan fingerprint density at radius 2 is 1.90 bits per heavy atom. The fraction of sp³-hybridized carbons (Fsp3) is 0.294. The number of ether oxygens (including phenoxy) is 1. The maximum absolute atomic E-state index is 13.3. The third kappa shape index (κ3) is 4.73. The van der Waals surface area contributed by atoms with E-state index < -0.39 is 5.82 Å². The molecule has 2 aromatic carbocycles. The summed E-state index contributed by atoms with van der Waals surface area (Å²) in [5, 5.41) is 9.36. The summed E-state index contributed by atoms with van der Waals surface area (Å²) in [6.07, 6.45) is 1.27. The third-order valence-electron chi connectivity index (χ3n) is 3.20. The molecule has 0 saturated heterocycles. The number of hydrogen-bond donors (Lipinski definition) is 1. The van der Waals surface area contributed by atoms with Gasteiger partial charge in [0.25, 0.3) is 0 Å². The van der Waals surface area contributed by atoms with Crippen LogP contribution in [0.4, 0.5) is 4.39 Å². The second-order valence-electron chi connectivity index (χ2n) is 5.03. The molecule has 0 saturated carbocycles. The van der Waals surface area contributed by atoms with Gasteiger partial charge in [-0.25, -0.2) is 4.39 Å². The molecule has 2 rings (SSSR count). The molecule has 0 fully saturated rings. The zero-order valence-electron chi connectivity index (χ0n) is 11.9. The zero-order valence-corrected chi connectivity index (χ0v) is 12.6. The Hall–Kier alpha value is -1.58. The molecular formula is C17H18ClFO2. The summed E-state index contributed by atoms with van der Waals surface area (Å²) in [6, 6.07) is 12.3. The lowest BCUT2D eigenvalue weighted by atomic mass is 10.1. The van der Waals surface area contributed by atoms with Gasteiger partial charge in [-0.15, -0.1) is 0 Å².